The molecular weight excluding hydrogens is 316 g/mol. The molecule has 0 aliphatic carbocycles. The highest BCUT2D eigenvalue weighted by Crippen LogP contribution is 2.25. The topological polar surface area (TPSA) is 43.6 Å². The molecule has 0 atom stereocenters. The molecule has 3 rings (SSSR count). The molecule has 0 amide bonds. The summed E-state index contributed by atoms with van der Waals surface area (Å²) in [6.45, 7) is 9.09. The molecule has 0 unspecified atom stereocenters. The molecule has 4 nitrogen and oxygen atoms in total. The molecule has 124 valence electrons. The SMILES string of the molecule is CCOC(=O)c1nc(-c2cccc([Si](C)(C)C)c2)c2ccccn12. The number of pyridine rings is 1. The van der Waals surface area contributed by atoms with E-state index in [1.807, 2.05) is 30.5 Å². The van der Waals surface area contributed by atoms with Crippen molar-refractivity contribution in [3.63, 3.8) is 0 Å². The monoisotopic (exact) mass is 338 g/mol. The lowest BCUT2D eigenvalue weighted by Gasteiger charge is -2.17. The van der Waals surface area contributed by atoms with Crippen molar-refractivity contribution in [2.45, 2.75) is 26.6 Å². The van der Waals surface area contributed by atoms with Crippen molar-refractivity contribution < 1.29 is 9.53 Å². The van der Waals surface area contributed by atoms with Gasteiger partial charge in [0.25, 0.3) is 0 Å². The molecule has 3 aromatic rings. The van der Waals surface area contributed by atoms with Crippen molar-refractivity contribution in [3.8, 4) is 11.3 Å². The minimum atomic E-state index is -1.42. The van der Waals surface area contributed by atoms with Crippen LogP contribution in [0.2, 0.25) is 19.6 Å². The molecule has 0 bridgehead atoms. The standard InChI is InChI=1S/C19H22N2O2Si/c1-5-23-19(22)18-20-17(16-11-6-7-12-21(16)18)14-9-8-10-15(13-14)24(2,3)4/h6-13H,5H2,1-4H3. The maximum Gasteiger partial charge on any atom is 0.374 e. The number of ether oxygens (including phenoxy) is 1. The van der Waals surface area contributed by atoms with Crippen LogP contribution < -0.4 is 5.19 Å². The van der Waals surface area contributed by atoms with E-state index in [4.69, 9.17) is 4.74 Å². The minimum absolute atomic E-state index is 0.320. The van der Waals surface area contributed by atoms with Gasteiger partial charge >= 0.3 is 5.97 Å². The molecule has 0 saturated carbocycles. The largest absolute Gasteiger partial charge is 0.460 e. The number of nitrogens with zero attached hydrogens (tertiary/aromatic N) is 2. The predicted octanol–water partition coefficient (Wildman–Crippen LogP) is 3.72. The fourth-order valence-electron chi connectivity index (χ4n) is 2.72. The van der Waals surface area contributed by atoms with E-state index in [0.717, 1.165) is 16.8 Å². The van der Waals surface area contributed by atoms with E-state index < -0.39 is 14.0 Å². The van der Waals surface area contributed by atoms with Crippen LogP contribution in [0.1, 0.15) is 17.5 Å². The Morgan fingerprint density at radius 2 is 1.96 bits per heavy atom. The second-order valence-electron chi connectivity index (χ2n) is 6.79. The zero-order chi connectivity index (χ0) is 17.3. The number of carbonyl (C=O) groups is 1. The van der Waals surface area contributed by atoms with Gasteiger partial charge in [-0.2, -0.15) is 0 Å². The minimum Gasteiger partial charge on any atom is -0.460 e. The third-order valence-corrected chi connectivity index (χ3v) is 6.05. The van der Waals surface area contributed by atoms with Crippen LogP contribution in [0.25, 0.3) is 16.8 Å². The summed E-state index contributed by atoms with van der Waals surface area (Å²) in [5.74, 6) is -0.0767. The van der Waals surface area contributed by atoms with Gasteiger partial charge in [-0.25, -0.2) is 9.78 Å². The Labute approximate surface area is 143 Å². The van der Waals surface area contributed by atoms with E-state index >= 15 is 0 Å². The van der Waals surface area contributed by atoms with Gasteiger partial charge < -0.3 is 4.74 Å². The number of hydrogen-bond acceptors (Lipinski definition) is 3. The second-order valence-corrected chi connectivity index (χ2v) is 11.9. The zero-order valence-electron chi connectivity index (χ0n) is 14.5. The van der Waals surface area contributed by atoms with E-state index in [2.05, 4.69) is 42.8 Å². The van der Waals surface area contributed by atoms with Crippen molar-refractivity contribution in [2.24, 2.45) is 0 Å². The summed E-state index contributed by atoms with van der Waals surface area (Å²) in [5, 5.41) is 1.37. The fourth-order valence-corrected chi connectivity index (χ4v) is 3.91. The van der Waals surface area contributed by atoms with Crippen molar-refractivity contribution in [1.29, 1.82) is 0 Å². The first-order valence-corrected chi connectivity index (χ1v) is 11.7. The van der Waals surface area contributed by atoms with Gasteiger partial charge in [-0.05, 0) is 19.1 Å². The van der Waals surface area contributed by atoms with Gasteiger partial charge in [0.15, 0.2) is 0 Å². The highest BCUT2D eigenvalue weighted by molar-refractivity contribution is 6.88. The average molecular weight is 338 g/mol. The van der Waals surface area contributed by atoms with Crippen LogP contribution in [-0.2, 0) is 4.74 Å². The zero-order valence-corrected chi connectivity index (χ0v) is 15.5. The number of rotatable bonds is 4. The summed E-state index contributed by atoms with van der Waals surface area (Å²) in [4.78, 5) is 16.8. The van der Waals surface area contributed by atoms with Crippen LogP contribution in [0, 0.1) is 0 Å². The summed E-state index contributed by atoms with van der Waals surface area (Å²) >= 11 is 0. The van der Waals surface area contributed by atoms with E-state index in [-0.39, 0.29) is 0 Å². The van der Waals surface area contributed by atoms with Gasteiger partial charge in [0.05, 0.1) is 25.9 Å². The van der Waals surface area contributed by atoms with Crippen molar-refractivity contribution in [2.75, 3.05) is 6.61 Å². The maximum absolute atomic E-state index is 12.2. The number of benzene rings is 1. The lowest BCUT2D eigenvalue weighted by Crippen LogP contribution is -2.37. The molecule has 2 heterocycles. The molecule has 0 fully saturated rings. The maximum atomic E-state index is 12.2. The molecule has 0 N–H and O–H groups in total. The number of imidazole rings is 1. The molecule has 0 spiro atoms. The van der Waals surface area contributed by atoms with Gasteiger partial charge in [-0.15, -0.1) is 0 Å². The fraction of sp³-hybridized carbons (Fsp3) is 0.263. The molecule has 0 aliphatic rings. The van der Waals surface area contributed by atoms with Gasteiger partial charge in [0.2, 0.25) is 5.82 Å². The number of esters is 1. The first-order chi connectivity index (χ1) is 11.4. The molecule has 24 heavy (non-hydrogen) atoms. The van der Waals surface area contributed by atoms with E-state index in [9.17, 15) is 4.79 Å². The summed E-state index contributed by atoms with van der Waals surface area (Å²) in [6.07, 6.45) is 1.85. The number of fused-ring (bicyclic) bond motifs is 1. The molecule has 0 aliphatic heterocycles. The average Bonchev–Trinajstić information content (AvgIpc) is 2.94. The van der Waals surface area contributed by atoms with Gasteiger partial charge in [0, 0.05) is 11.8 Å². The first kappa shape index (κ1) is 16.5. The van der Waals surface area contributed by atoms with E-state index in [1.54, 1.807) is 11.3 Å². The third kappa shape index (κ3) is 2.99. The normalized spacial score (nSPS) is 11.7. The number of aromatic nitrogens is 2. The Balaban J connectivity index is 2.19. The van der Waals surface area contributed by atoms with E-state index in [0.29, 0.717) is 12.4 Å². The molecule has 1 aromatic carbocycles. The highest BCUT2D eigenvalue weighted by Gasteiger charge is 2.21. The van der Waals surface area contributed by atoms with Crippen LogP contribution in [0.5, 0.6) is 0 Å². The molecule has 5 heteroatoms. The lowest BCUT2D eigenvalue weighted by atomic mass is 10.1. The number of carbonyl (C=O) groups excluding carboxylic acids is 1. The summed E-state index contributed by atoms with van der Waals surface area (Å²) in [5.41, 5.74) is 2.77. The Morgan fingerprint density at radius 3 is 2.67 bits per heavy atom. The second kappa shape index (κ2) is 6.24. The van der Waals surface area contributed by atoms with Crippen molar-refractivity contribution in [3.05, 3.63) is 54.5 Å². The number of hydrogen-bond donors (Lipinski definition) is 0. The Morgan fingerprint density at radius 1 is 1.17 bits per heavy atom. The predicted molar refractivity (Wildman–Crippen MR) is 99.6 cm³/mol. The van der Waals surface area contributed by atoms with Gasteiger partial charge in [-0.1, -0.05) is 55.2 Å². The third-order valence-electron chi connectivity index (χ3n) is 4.01. The Kier molecular flexibility index (Phi) is 4.28. The Hall–Kier alpha value is -2.40. The van der Waals surface area contributed by atoms with Gasteiger partial charge in [-0.3, -0.25) is 4.40 Å². The summed E-state index contributed by atoms with van der Waals surface area (Å²) < 4.78 is 6.95. The summed E-state index contributed by atoms with van der Waals surface area (Å²) in [6, 6.07) is 14.3. The van der Waals surface area contributed by atoms with Gasteiger partial charge in [0.1, 0.15) is 0 Å². The molecular formula is C19H22N2O2Si. The quantitative estimate of drug-likeness (QED) is 0.538. The smallest absolute Gasteiger partial charge is 0.374 e. The lowest BCUT2D eigenvalue weighted by molar-refractivity contribution is 0.0511. The van der Waals surface area contributed by atoms with Crippen LogP contribution in [0.3, 0.4) is 0 Å². The van der Waals surface area contributed by atoms with Crippen LogP contribution in [0.15, 0.2) is 48.7 Å². The van der Waals surface area contributed by atoms with Crippen LogP contribution in [0.4, 0.5) is 0 Å². The first-order valence-electron chi connectivity index (χ1n) is 8.17. The molecule has 0 radical (unpaired) electrons. The molecule has 0 saturated heterocycles. The van der Waals surface area contributed by atoms with Crippen molar-refractivity contribution in [1.82, 2.24) is 9.38 Å². The molecule has 2 aromatic heterocycles. The van der Waals surface area contributed by atoms with Crippen LogP contribution in [-0.4, -0.2) is 30.0 Å². The van der Waals surface area contributed by atoms with E-state index in [1.165, 1.54) is 5.19 Å². The Bertz CT molecular complexity index is 894. The highest BCUT2D eigenvalue weighted by atomic mass is 28.3. The van der Waals surface area contributed by atoms with Crippen LogP contribution >= 0.6 is 0 Å². The van der Waals surface area contributed by atoms with Crippen molar-refractivity contribution >= 4 is 24.7 Å². The summed E-state index contributed by atoms with van der Waals surface area (Å²) in [7, 11) is -1.42.